The first kappa shape index (κ1) is 14.3. The third-order valence-electron chi connectivity index (χ3n) is 4.14. The molecule has 0 radical (unpaired) electrons. The number of hydrogen-bond acceptors (Lipinski definition) is 3. The highest BCUT2D eigenvalue weighted by Gasteiger charge is 2.35. The van der Waals surface area contributed by atoms with Crippen LogP contribution in [-0.4, -0.2) is 47.7 Å². The molecule has 0 unspecified atom stereocenters. The van der Waals surface area contributed by atoms with Crippen molar-refractivity contribution in [3.8, 4) is 0 Å². The minimum atomic E-state index is -0.796. The largest absolute Gasteiger partial charge is 0.481 e. The predicted octanol–water partition coefficient (Wildman–Crippen LogP) is 1.51. The van der Waals surface area contributed by atoms with Crippen LogP contribution in [0, 0.1) is 11.8 Å². The molecule has 0 aromatic rings. The minimum absolute atomic E-state index is 0.0225. The van der Waals surface area contributed by atoms with E-state index in [1.165, 1.54) is 12.8 Å². The molecule has 0 aromatic heterocycles. The van der Waals surface area contributed by atoms with Gasteiger partial charge in [-0.05, 0) is 38.5 Å². The lowest BCUT2D eigenvalue weighted by molar-refractivity contribution is -0.149. The molecule has 1 amide bonds. The number of aliphatic carboxylic acids is 1. The summed E-state index contributed by atoms with van der Waals surface area (Å²) in [4.78, 5) is 24.9. The Labute approximate surface area is 113 Å². The zero-order valence-electron chi connectivity index (χ0n) is 11.5. The topological polar surface area (TPSA) is 66.8 Å². The van der Waals surface area contributed by atoms with Crippen LogP contribution in [0.2, 0.25) is 0 Å². The van der Waals surface area contributed by atoms with Crippen molar-refractivity contribution >= 4 is 11.9 Å². The Morgan fingerprint density at radius 3 is 2.68 bits per heavy atom. The molecular formula is C14H23NO4. The van der Waals surface area contributed by atoms with Crippen molar-refractivity contribution < 1.29 is 19.4 Å². The van der Waals surface area contributed by atoms with Gasteiger partial charge >= 0.3 is 5.97 Å². The number of carbonyl (C=O) groups is 2. The van der Waals surface area contributed by atoms with Crippen molar-refractivity contribution in [3.05, 3.63) is 0 Å². The van der Waals surface area contributed by atoms with Crippen molar-refractivity contribution in [3.63, 3.8) is 0 Å². The summed E-state index contributed by atoms with van der Waals surface area (Å²) in [6.07, 6.45) is 4.30. The van der Waals surface area contributed by atoms with Crippen molar-refractivity contribution in [1.29, 1.82) is 0 Å². The maximum absolute atomic E-state index is 12.1. The van der Waals surface area contributed by atoms with Crippen LogP contribution in [0.15, 0.2) is 0 Å². The monoisotopic (exact) mass is 269 g/mol. The number of nitrogens with zero attached hydrogens (tertiary/aromatic N) is 1. The van der Waals surface area contributed by atoms with E-state index in [-0.39, 0.29) is 11.9 Å². The van der Waals surface area contributed by atoms with Crippen LogP contribution >= 0.6 is 0 Å². The van der Waals surface area contributed by atoms with E-state index in [0.717, 1.165) is 13.0 Å². The molecule has 1 saturated carbocycles. The molecular weight excluding hydrogens is 246 g/mol. The van der Waals surface area contributed by atoms with Gasteiger partial charge in [-0.15, -0.1) is 0 Å². The molecule has 1 aliphatic carbocycles. The third kappa shape index (κ3) is 3.93. The number of carboxylic acids is 1. The Morgan fingerprint density at radius 1 is 1.32 bits per heavy atom. The smallest absolute Gasteiger partial charge is 0.308 e. The van der Waals surface area contributed by atoms with E-state index in [0.29, 0.717) is 31.9 Å². The van der Waals surface area contributed by atoms with Gasteiger partial charge in [0.25, 0.3) is 0 Å². The number of hydrogen-bond donors (Lipinski definition) is 1. The SMILES string of the molecule is C[C@@H]1[C@H](C(=O)O)CCCN1C(=O)CCOCC1CC1. The van der Waals surface area contributed by atoms with Crippen LogP contribution in [0.1, 0.15) is 39.0 Å². The zero-order chi connectivity index (χ0) is 13.8. The molecule has 1 aliphatic heterocycles. The normalized spacial score (nSPS) is 27.3. The van der Waals surface area contributed by atoms with Crippen LogP contribution in [0.3, 0.4) is 0 Å². The van der Waals surface area contributed by atoms with Crippen molar-refractivity contribution in [2.75, 3.05) is 19.8 Å². The van der Waals surface area contributed by atoms with Gasteiger partial charge in [0, 0.05) is 19.2 Å². The van der Waals surface area contributed by atoms with Crippen molar-refractivity contribution in [2.45, 2.75) is 45.1 Å². The summed E-state index contributed by atoms with van der Waals surface area (Å²) in [5.41, 5.74) is 0. The van der Waals surface area contributed by atoms with Gasteiger partial charge in [-0.2, -0.15) is 0 Å². The second-order valence-corrected chi connectivity index (χ2v) is 5.68. The highest BCUT2D eigenvalue weighted by atomic mass is 16.5. The maximum atomic E-state index is 12.1. The molecule has 0 aromatic carbocycles. The molecule has 19 heavy (non-hydrogen) atoms. The second kappa shape index (κ2) is 6.37. The average Bonchev–Trinajstić information content (AvgIpc) is 3.18. The van der Waals surface area contributed by atoms with Gasteiger partial charge in [0.1, 0.15) is 0 Å². The third-order valence-corrected chi connectivity index (χ3v) is 4.14. The number of piperidine rings is 1. The quantitative estimate of drug-likeness (QED) is 0.742. The zero-order valence-corrected chi connectivity index (χ0v) is 11.5. The van der Waals surface area contributed by atoms with Crippen LogP contribution < -0.4 is 0 Å². The summed E-state index contributed by atoms with van der Waals surface area (Å²) in [5.74, 6) is -0.491. The molecule has 2 aliphatic rings. The fourth-order valence-corrected chi connectivity index (χ4v) is 2.66. The summed E-state index contributed by atoms with van der Waals surface area (Å²) in [6, 6.07) is -0.206. The summed E-state index contributed by atoms with van der Waals surface area (Å²) in [7, 11) is 0. The Kier molecular flexibility index (Phi) is 4.80. The van der Waals surface area contributed by atoms with Gasteiger partial charge in [0.15, 0.2) is 0 Å². The number of likely N-dealkylation sites (tertiary alicyclic amines) is 1. The molecule has 5 nitrogen and oxygen atoms in total. The summed E-state index contributed by atoms with van der Waals surface area (Å²) >= 11 is 0. The maximum Gasteiger partial charge on any atom is 0.308 e. The van der Waals surface area contributed by atoms with E-state index in [1.54, 1.807) is 4.90 Å². The lowest BCUT2D eigenvalue weighted by Crippen LogP contribution is -2.49. The first-order chi connectivity index (χ1) is 9.09. The Balaban J connectivity index is 1.74. The van der Waals surface area contributed by atoms with Crippen LogP contribution in [0.5, 0.6) is 0 Å². The number of rotatable bonds is 6. The molecule has 2 rings (SSSR count). The minimum Gasteiger partial charge on any atom is -0.481 e. The fraction of sp³-hybridized carbons (Fsp3) is 0.857. The molecule has 1 heterocycles. The summed E-state index contributed by atoms with van der Waals surface area (Å²) < 4.78 is 5.46. The van der Waals surface area contributed by atoms with Gasteiger partial charge in [-0.25, -0.2) is 0 Å². The number of carbonyl (C=O) groups excluding carboxylic acids is 1. The van der Waals surface area contributed by atoms with Gasteiger partial charge < -0.3 is 14.7 Å². The van der Waals surface area contributed by atoms with Gasteiger partial charge in [0.2, 0.25) is 5.91 Å². The highest BCUT2D eigenvalue weighted by molar-refractivity contribution is 5.78. The number of carboxylic acid groups (broad SMARTS) is 1. The van der Waals surface area contributed by atoms with E-state index < -0.39 is 11.9 Å². The summed E-state index contributed by atoms with van der Waals surface area (Å²) in [5, 5.41) is 9.13. The van der Waals surface area contributed by atoms with Crippen molar-refractivity contribution in [1.82, 2.24) is 4.90 Å². The van der Waals surface area contributed by atoms with E-state index in [9.17, 15) is 9.59 Å². The van der Waals surface area contributed by atoms with Crippen LogP contribution in [0.25, 0.3) is 0 Å². The molecule has 1 saturated heterocycles. The number of ether oxygens (including phenoxy) is 1. The lowest BCUT2D eigenvalue weighted by atomic mass is 9.90. The van der Waals surface area contributed by atoms with E-state index in [2.05, 4.69) is 0 Å². The van der Waals surface area contributed by atoms with Gasteiger partial charge in [0.05, 0.1) is 18.9 Å². The molecule has 0 spiro atoms. The van der Waals surface area contributed by atoms with E-state index in [1.807, 2.05) is 6.92 Å². The van der Waals surface area contributed by atoms with Gasteiger partial charge in [-0.3, -0.25) is 9.59 Å². The highest BCUT2D eigenvalue weighted by Crippen LogP contribution is 2.29. The molecule has 0 bridgehead atoms. The lowest BCUT2D eigenvalue weighted by Gasteiger charge is -2.37. The first-order valence-electron chi connectivity index (χ1n) is 7.19. The number of amides is 1. The molecule has 1 N–H and O–H groups in total. The Hall–Kier alpha value is -1.10. The van der Waals surface area contributed by atoms with E-state index in [4.69, 9.17) is 9.84 Å². The second-order valence-electron chi connectivity index (χ2n) is 5.68. The molecule has 108 valence electrons. The summed E-state index contributed by atoms with van der Waals surface area (Å²) in [6.45, 7) is 3.73. The van der Waals surface area contributed by atoms with Crippen LogP contribution in [-0.2, 0) is 14.3 Å². The molecule has 2 fully saturated rings. The van der Waals surface area contributed by atoms with Gasteiger partial charge in [-0.1, -0.05) is 0 Å². The Morgan fingerprint density at radius 2 is 2.05 bits per heavy atom. The van der Waals surface area contributed by atoms with E-state index >= 15 is 0 Å². The Bertz CT molecular complexity index is 340. The average molecular weight is 269 g/mol. The fourth-order valence-electron chi connectivity index (χ4n) is 2.66. The standard InChI is InChI=1S/C14H23NO4/c1-10-12(14(17)18)3-2-7-15(10)13(16)6-8-19-9-11-4-5-11/h10-12H,2-9H2,1H3,(H,17,18)/t10-,12-/m1/s1. The molecule has 5 heteroatoms. The van der Waals surface area contributed by atoms with Crippen molar-refractivity contribution in [2.24, 2.45) is 11.8 Å². The van der Waals surface area contributed by atoms with Crippen LogP contribution in [0.4, 0.5) is 0 Å². The predicted molar refractivity (Wildman–Crippen MR) is 69.7 cm³/mol. The first-order valence-corrected chi connectivity index (χ1v) is 7.19. The molecule has 2 atom stereocenters.